The van der Waals surface area contributed by atoms with Crippen LogP contribution >= 0.6 is 0 Å². The number of nitrogens with zero attached hydrogens (tertiary/aromatic N) is 7. The third-order valence-electron chi connectivity index (χ3n) is 6.64. The van der Waals surface area contributed by atoms with Gasteiger partial charge in [0, 0.05) is 61.7 Å². The number of aromatic nitrogens is 6. The van der Waals surface area contributed by atoms with Gasteiger partial charge in [0.1, 0.15) is 5.60 Å². The highest BCUT2D eigenvalue weighted by Crippen LogP contribution is 2.27. The molecule has 1 aliphatic heterocycles. The van der Waals surface area contributed by atoms with Crippen LogP contribution in [0.25, 0.3) is 16.7 Å². The van der Waals surface area contributed by atoms with Crippen molar-refractivity contribution < 1.29 is 19.1 Å². The fourth-order valence-corrected chi connectivity index (χ4v) is 4.77. The summed E-state index contributed by atoms with van der Waals surface area (Å²) in [7, 11) is 2.03. The van der Waals surface area contributed by atoms with Gasteiger partial charge in [-0.1, -0.05) is 0 Å². The highest BCUT2D eigenvalue weighted by Gasteiger charge is 2.26. The van der Waals surface area contributed by atoms with Gasteiger partial charge >= 0.3 is 5.97 Å². The standard InChI is InChI=1S/C28H35N9O4/c1-18-20-15-35(5)11-13-40-12-10-29-26(39)25-22-14-21(31-27-30-9-8-24(32-27)36(16-20)33-18)6-7-23(22)37(34-25)17-28(3,4)41-19(2)38/h6-9,14,16H,10-13,15,17H2,1-5H3,(H,29,39)(H,30,31,32). The van der Waals surface area contributed by atoms with Crippen LogP contribution in [0.1, 0.15) is 42.5 Å². The fraction of sp³-hybridized carbons (Fsp3) is 0.429. The lowest BCUT2D eigenvalue weighted by molar-refractivity contribution is -0.154. The van der Waals surface area contributed by atoms with Crippen LogP contribution < -0.4 is 10.6 Å². The van der Waals surface area contributed by atoms with E-state index in [1.54, 1.807) is 35.5 Å². The number of aryl methyl sites for hydroxylation is 1. The smallest absolute Gasteiger partial charge is 0.303 e. The Bertz CT molecular complexity index is 1580. The first-order chi connectivity index (χ1) is 19.6. The van der Waals surface area contributed by atoms with Gasteiger partial charge in [-0.15, -0.1) is 0 Å². The summed E-state index contributed by atoms with van der Waals surface area (Å²) in [5, 5.41) is 16.1. The van der Waals surface area contributed by atoms with Crippen molar-refractivity contribution >= 4 is 34.4 Å². The van der Waals surface area contributed by atoms with Gasteiger partial charge in [0.05, 0.1) is 31.0 Å². The zero-order valence-corrected chi connectivity index (χ0v) is 24.0. The molecule has 3 aromatic heterocycles. The zero-order chi connectivity index (χ0) is 29.1. The number of fused-ring (bicyclic) bond motifs is 6. The molecule has 1 amide bonds. The molecule has 0 saturated heterocycles. The van der Waals surface area contributed by atoms with Crippen LogP contribution in [0.4, 0.5) is 11.6 Å². The molecule has 5 rings (SSSR count). The van der Waals surface area contributed by atoms with Gasteiger partial charge < -0.3 is 20.1 Å². The van der Waals surface area contributed by atoms with E-state index in [-0.39, 0.29) is 24.1 Å². The summed E-state index contributed by atoms with van der Waals surface area (Å²) < 4.78 is 14.7. The number of nitrogens with one attached hydrogen (secondary N) is 2. The topological polar surface area (TPSA) is 141 Å². The van der Waals surface area contributed by atoms with Crippen molar-refractivity contribution in [2.24, 2.45) is 0 Å². The van der Waals surface area contributed by atoms with Crippen LogP contribution in [-0.2, 0) is 27.4 Å². The highest BCUT2D eigenvalue weighted by molar-refractivity contribution is 6.05. The number of esters is 1. The third-order valence-corrected chi connectivity index (χ3v) is 6.64. The van der Waals surface area contributed by atoms with Gasteiger partial charge in [-0.3, -0.25) is 19.2 Å². The maximum Gasteiger partial charge on any atom is 0.303 e. The molecular weight excluding hydrogens is 526 g/mol. The Morgan fingerprint density at radius 2 is 2.02 bits per heavy atom. The van der Waals surface area contributed by atoms with Crippen LogP contribution in [0.2, 0.25) is 0 Å². The molecule has 1 aromatic carbocycles. The molecule has 4 heterocycles. The summed E-state index contributed by atoms with van der Waals surface area (Å²) in [6.45, 7) is 9.87. The average Bonchev–Trinajstić information content (AvgIpc) is 3.44. The molecule has 0 unspecified atom stereocenters. The van der Waals surface area contributed by atoms with E-state index in [4.69, 9.17) is 9.47 Å². The van der Waals surface area contributed by atoms with Gasteiger partial charge in [-0.2, -0.15) is 15.2 Å². The minimum atomic E-state index is -0.834. The Balaban J connectivity index is 1.52. The number of benzene rings is 1. The van der Waals surface area contributed by atoms with E-state index < -0.39 is 5.60 Å². The molecule has 0 saturated carbocycles. The molecule has 0 fully saturated rings. The van der Waals surface area contributed by atoms with Crippen LogP contribution in [0.15, 0.2) is 36.7 Å². The molecule has 0 aliphatic carbocycles. The van der Waals surface area contributed by atoms with E-state index in [0.717, 1.165) is 23.3 Å². The average molecular weight is 562 g/mol. The van der Waals surface area contributed by atoms with Crippen LogP contribution in [0.3, 0.4) is 0 Å². The SMILES string of the molecule is CC(=O)OC(C)(C)Cn1nc2c3cc(ccc31)Nc1nccc(n1)-n1cc(c(C)n1)CN(C)CCOCCNC2=O. The Morgan fingerprint density at radius 3 is 2.83 bits per heavy atom. The lowest BCUT2D eigenvalue weighted by atomic mass is 10.1. The predicted molar refractivity (Wildman–Crippen MR) is 152 cm³/mol. The monoisotopic (exact) mass is 561 g/mol. The van der Waals surface area contributed by atoms with Crippen molar-refractivity contribution in [3.63, 3.8) is 0 Å². The normalized spacial score (nSPS) is 15.4. The number of anilines is 2. The number of carbonyl (C=O) groups is 2. The largest absolute Gasteiger partial charge is 0.458 e. The van der Waals surface area contributed by atoms with Gasteiger partial charge in [-0.25, -0.2) is 9.67 Å². The minimum absolute atomic E-state index is 0.255. The highest BCUT2D eigenvalue weighted by atomic mass is 16.6. The molecule has 6 bridgehead atoms. The number of rotatable bonds is 3. The minimum Gasteiger partial charge on any atom is -0.458 e. The lowest BCUT2D eigenvalue weighted by Crippen LogP contribution is -2.33. The van der Waals surface area contributed by atoms with Crippen molar-refractivity contribution in [3.05, 3.63) is 53.6 Å². The molecule has 13 nitrogen and oxygen atoms in total. The fourth-order valence-electron chi connectivity index (χ4n) is 4.77. The van der Waals surface area contributed by atoms with E-state index in [0.29, 0.717) is 49.1 Å². The number of likely N-dealkylation sites (N-methyl/N-ethyl adjacent to an activating group) is 1. The number of carbonyl (C=O) groups excluding carboxylic acids is 2. The quantitative estimate of drug-likeness (QED) is 0.359. The summed E-state index contributed by atoms with van der Waals surface area (Å²) in [4.78, 5) is 36.1. The second-order valence-corrected chi connectivity index (χ2v) is 10.7. The van der Waals surface area contributed by atoms with Gasteiger partial charge in [0.15, 0.2) is 11.5 Å². The number of amides is 1. The second kappa shape index (κ2) is 11.6. The molecule has 4 aromatic rings. The number of hydrogen-bond acceptors (Lipinski definition) is 10. The van der Waals surface area contributed by atoms with Crippen LogP contribution in [0, 0.1) is 6.92 Å². The zero-order valence-electron chi connectivity index (χ0n) is 24.0. The molecule has 0 atom stereocenters. The molecule has 0 spiro atoms. The van der Waals surface area contributed by atoms with Crippen molar-refractivity contribution in [1.29, 1.82) is 0 Å². The Morgan fingerprint density at radius 1 is 1.20 bits per heavy atom. The number of ether oxygens (including phenoxy) is 2. The number of hydrogen-bond donors (Lipinski definition) is 2. The molecule has 0 radical (unpaired) electrons. The molecule has 2 N–H and O–H groups in total. The summed E-state index contributed by atoms with van der Waals surface area (Å²) in [5.74, 6) is 0.295. The van der Waals surface area contributed by atoms with Crippen molar-refractivity contribution in [3.8, 4) is 5.82 Å². The second-order valence-electron chi connectivity index (χ2n) is 10.7. The maximum absolute atomic E-state index is 13.3. The van der Waals surface area contributed by atoms with E-state index in [1.165, 1.54) is 6.92 Å². The van der Waals surface area contributed by atoms with E-state index >= 15 is 0 Å². The first kappa shape index (κ1) is 28.2. The molecule has 1 aliphatic rings. The Hall–Kier alpha value is -4.36. The van der Waals surface area contributed by atoms with Crippen molar-refractivity contribution in [1.82, 2.24) is 39.7 Å². The van der Waals surface area contributed by atoms with E-state index in [2.05, 4.69) is 35.7 Å². The predicted octanol–water partition coefficient (Wildman–Crippen LogP) is 2.60. The molecule has 13 heteroatoms. The van der Waals surface area contributed by atoms with Crippen LogP contribution in [0.5, 0.6) is 0 Å². The van der Waals surface area contributed by atoms with Gasteiger partial charge in [0.25, 0.3) is 5.91 Å². The van der Waals surface area contributed by atoms with Crippen molar-refractivity contribution in [2.45, 2.75) is 46.4 Å². The summed E-state index contributed by atoms with van der Waals surface area (Å²) in [6, 6.07) is 7.36. The summed E-state index contributed by atoms with van der Waals surface area (Å²) >= 11 is 0. The first-order valence-corrected chi connectivity index (χ1v) is 13.5. The third kappa shape index (κ3) is 6.69. The van der Waals surface area contributed by atoms with Crippen molar-refractivity contribution in [2.75, 3.05) is 38.7 Å². The lowest BCUT2D eigenvalue weighted by Gasteiger charge is -2.24. The van der Waals surface area contributed by atoms with Gasteiger partial charge in [-0.05, 0) is 46.0 Å². The Kier molecular flexibility index (Phi) is 7.99. The Labute approximate surface area is 237 Å². The van der Waals surface area contributed by atoms with Crippen LogP contribution in [-0.4, -0.2) is 85.3 Å². The maximum atomic E-state index is 13.3. The molecule has 216 valence electrons. The molecule has 41 heavy (non-hydrogen) atoms. The van der Waals surface area contributed by atoms with E-state index in [1.807, 2.05) is 38.4 Å². The van der Waals surface area contributed by atoms with E-state index in [9.17, 15) is 9.59 Å². The van der Waals surface area contributed by atoms with Gasteiger partial charge in [0.2, 0.25) is 5.95 Å². The molecular formula is C28H35N9O4. The first-order valence-electron chi connectivity index (χ1n) is 13.5. The summed E-state index contributed by atoms with van der Waals surface area (Å²) in [5.41, 5.74) is 2.83. The summed E-state index contributed by atoms with van der Waals surface area (Å²) in [6.07, 6.45) is 3.65.